The highest BCUT2D eigenvalue weighted by Gasteiger charge is 2.29. The number of aryl methyl sites for hydroxylation is 2. The Morgan fingerprint density at radius 2 is 1.76 bits per heavy atom. The van der Waals surface area contributed by atoms with Crippen molar-refractivity contribution in [3.05, 3.63) is 76.1 Å². The van der Waals surface area contributed by atoms with Gasteiger partial charge in [0.25, 0.3) is 0 Å². The second-order valence-electron chi connectivity index (χ2n) is 10.2. The Kier molecular flexibility index (Phi) is 8.06. The topological polar surface area (TPSA) is 120 Å². The van der Waals surface area contributed by atoms with Crippen LogP contribution in [0.2, 0.25) is 0 Å². The molecule has 0 unspecified atom stereocenters. The van der Waals surface area contributed by atoms with Crippen molar-refractivity contribution in [3.63, 3.8) is 0 Å². The van der Waals surface area contributed by atoms with Crippen molar-refractivity contribution in [2.24, 2.45) is 7.05 Å². The number of carbonyl (C=O) groups excluding carboxylic acids is 2. The molecule has 0 spiro atoms. The number of benzene rings is 2. The number of rotatable bonds is 8. The van der Waals surface area contributed by atoms with Gasteiger partial charge in [0.05, 0.1) is 45.3 Å². The van der Waals surface area contributed by atoms with E-state index < -0.39 is 6.04 Å². The number of nitrogens with one attached hydrogen (secondary N) is 3. The zero-order valence-corrected chi connectivity index (χ0v) is 24.3. The molecule has 3 aromatic carbocycles. The second-order valence-corrected chi connectivity index (χ2v) is 10.2. The molecule has 0 bridgehead atoms. The highest BCUT2D eigenvalue weighted by Crippen LogP contribution is 2.50. The minimum atomic E-state index is -0.422. The van der Waals surface area contributed by atoms with Crippen molar-refractivity contribution in [1.82, 2.24) is 9.88 Å². The molecule has 0 radical (unpaired) electrons. The predicted molar refractivity (Wildman–Crippen MR) is 163 cm³/mol. The Bertz CT molecular complexity index is 1750. The number of carbonyl (C=O) groups is 2. The van der Waals surface area contributed by atoms with Gasteiger partial charge >= 0.3 is 0 Å². The number of nitrogens with zero attached hydrogens (tertiary/aromatic N) is 1. The van der Waals surface area contributed by atoms with Crippen LogP contribution >= 0.6 is 0 Å². The summed E-state index contributed by atoms with van der Waals surface area (Å²) >= 11 is 0. The minimum absolute atomic E-state index is 0.118. The molecular formula is C32H34N4O6. The molecule has 0 saturated carbocycles. The summed E-state index contributed by atoms with van der Waals surface area (Å²) in [7, 11) is 6.60. The molecule has 10 heteroatoms. The average Bonchev–Trinajstić information content (AvgIpc) is 3.20. The SMILES string of the molecule is COc1cc2c(c(OC)c1OC)-c1ccc(NCC(=O)Nc3cccc4c3ccn4C)c(=O)cc1[C@@H](NC(C)=O)CC2. The summed E-state index contributed by atoms with van der Waals surface area (Å²) in [5.41, 5.74) is 4.68. The summed E-state index contributed by atoms with van der Waals surface area (Å²) in [4.78, 5) is 38.6. The molecule has 10 nitrogen and oxygen atoms in total. The Morgan fingerprint density at radius 1 is 0.976 bits per heavy atom. The lowest BCUT2D eigenvalue weighted by Crippen LogP contribution is -2.27. The molecule has 218 valence electrons. The molecule has 1 heterocycles. The summed E-state index contributed by atoms with van der Waals surface area (Å²) in [6, 6.07) is 14.1. The van der Waals surface area contributed by atoms with Crippen LogP contribution in [0.1, 0.15) is 30.5 Å². The lowest BCUT2D eigenvalue weighted by atomic mass is 9.95. The van der Waals surface area contributed by atoms with Crippen LogP contribution in [0.15, 0.2) is 59.5 Å². The van der Waals surface area contributed by atoms with Gasteiger partial charge < -0.3 is 34.7 Å². The molecule has 5 rings (SSSR count). The maximum absolute atomic E-state index is 13.5. The van der Waals surface area contributed by atoms with Gasteiger partial charge in [0.2, 0.25) is 23.0 Å². The monoisotopic (exact) mass is 570 g/mol. The molecule has 1 aromatic heterocycles. The van der Waals surface area contributed by atoms with E-state index in [1.807, 2.05) is 54.2 Å². The Hall–Kier alpha value is -4.99. The van der Waals surface area contributed by atoms with E-state index in [9.17, 15) is 14.4 Å². The number of fused-ring (bicyclic) bond motifs is 4. The van der Waals surface area contributed by atoms with E-state index in [-0.39, 0.29) is 29.5 Å². The zero-order valence-electron chi connectivity index (χ0n) is 24.3. The largest absolute Gasteiger partial charge is 0.493 e. The molecule has 3 N–H and O–H groups in total. The fourth-order valence-corrected chi connectivity index (χ4v) is 5.64. The van der Waals surface area contributed by atoms with Gasteiger partial charge in [-0.25, -0.2) is 0 Å². The van der Waals surface area contributed by atoms with E-state index in [4.69, 9.17) is 14.2 Å². The van der Waals surface area contributed by atoms with Crippen LogP contribution in [0.3, 0.4) is 0 Å². The van der Waals surface area contributed by atoms with E-state index in [1.165, 1.54) is 20.1 Å². The third-order valence-corrected chi connectivity index (χ3v) is 7.56. The highest BCUT2D eigenvalue weighted by atomic mass is 16.5. The van der Waals surface area contributed by atoms with Crippen molar-refractivity contribution in [2.75, 3.05) is 38.5 Å². The van der Waals surface area contributed by atoms with Crippen molar-refractivity contribution >= 4 is 34.1 Å². The second kappa shape index (κ2) is 11.9. The molecular weight excluding hydrogens is 536 g/mol. The third kappa shape index (κ3) is 5.35. The van der Waals surface area contributed by atoms with E-state index in [0.717, 1.165) is 22.0 Å². The quantitative estimate of drug-likeness (QED) is 0.287. The summed E-state index contributed by atoms with van der Waals surface area (Å²) < 4.78 is 19.0. The number of aromatic nitrogens is 1. The molecule has 2 amide bonds. The molecule has 1 aliphatic rings. The number of hydrogen-bond acceptors (Lipinski definition) is 7. The van der Waals surface area contributed by atoms with E-state index >= 15 is 0 Å². The van der Waals surface area contributed by atoms with Crippen molar-refractivity contribution in [2.45, 2.75) is 25.8 Å². The summed E-state index contributed by atoms with van der Waals surface area (Å²) in [5, 5.41) is 9.86. The smallest absolute Gasteiger partial charge is 0.243 e. The molecule has 1 atom stereocenters. The maximum atomic E-state index is 13.5. The van der Waals surface area contributed by atoms with E-state index in [1.54, 1.807) is 20.3 Å². The van der Waals surface area contributed by atoms with Gasteiger partial charge in [0.15, 0.2) is 11.5 Å². The fraction of sp³-hybridized carbons (Fsp3) is 0.281. The normalized spacial score (nSPS) is 13.8. The standard InChI is InChI=1S/C32H34N4O6/c1-18(37)34-24-11-9-19-15-28(40-3)31(41-4)32(42-5)30(19)20-10-12-25(27(38)16-22(20)24)33-17-29(39)35-23-7-6-8-26-21(23)13-14-36(26)2/h6-8,10,12-16,24H,9,11,17H2,1-5H3,(H,33,38)(H,34,37)(H,35,39)/t24-/m0/s1. The van der Waals surface area contributed by atoms with Gasteiger partial charge in [-0.15, -0.1) is 0 Å². The molecule has 42 heavy (non-hydrogen) atoms. The van der Waals surface area contributed by atoms with Gasteiger partial charge in [-0.3, -0.25) is 14.4 Å². The summed E-state index contributed by atoms with van der Waals surface area (Å²) in [6.07, 6.45) is 3.09. The Labute approximate surface area is 243 Å². The minimum Gasteiger partial charge on any atom is -0.493 e. The fourth-order valence-electron chi connectivity index (χ4n) is 5.64. The molecule has 0 fully saturated rings. The third-order valence-electron chi connectivity index (χ3n) is 7.56. The van der Waals surface area contributed by atoms with Crippen LogP contribution in [-0.2, 0) is 23.1 Å². The predicted octanol–water partition coefficient (Wildman–Crippen LogP) is 4.41. The molecule has 0 saturated heterocycles. The first-order valence-corrected chi connectivity index (χ1v) is 13.6. The van der Waals surface area contributed by atoms with Crippen LogP contribution < -0.4 is 35.6 Å². The van der Waals surface area contributed by atoms with Crippen LogP contribution in [-0.4, -0.2) is 44.3 Å². The van der Waals surface area contributed by atoms with E-state index in [0.29, 0.717) is 46.9 Å². The first-order chi connectivity index (χ1) is 20.2. The first kappa shape index (κ1) is 28.5. The molecule has 4 aromatic rings. The zero-order chi connectivity index (χ0) is 30.0. The van der Waals surface area contributed by atoms with Crippen molar-refractivity contribution < 1.29 is 23.8 Å². The number of ether oxygens (including phenoxy) is 3. The lowest BCUT2D eigenvalue weighted by molar-refractivity contribution is -0.119. The van der Waals surface area contributed by atoms with Crippen LogP contribution in [0, 0.1) is 0 Å². The highest BCUT2D eigenvalue weighted by molar-refractivity contribution is 6.02. The van der Waals surface area contributed by atoms with Crippen LogP contribution in [0.25, 0.3) is 22.0 Å². The molecule has 0 aliphatic heterocycles. The number of hydrogen-bond donors (Lipinski definition) is 3. The van der Waals surface area contributed by atoms with Crippen LogP contribution in [0.4, 0.5) is 11.4 Å². The number of methoxy groups -OCH3 is 3. The van der Waals surface area contributed by atoms with Gasteiger partial charge in [-0.05, 0) is 65.9 Å². The number of amides is 2. The summed E-state index contributed by atoms with van der Waals surface area (Å²) in [6.45, 7) is 1.33. The van der Waals surface area contributed by atoms with Crippen molar-refractivity contribution in [1.29, 1.82) is 0 Å². The van der Waals surface area contributed by atoms with Crippen LogP contribution in [0.5, 0.6) is 17.2 Å². The Morgan fingerprint density at radius 3 is 2.48 bits per heavy atom. The summed E-state index contributed by atoms with van der Waals surface area (Å²) in [5.74, 6) is 0.927. The maximum Gasteiger partial charge on any atom is 0.243 e. The first-order valence-electron chi connectivity index (χ1n) is 13.6. The van der Waals surface area contributed by atoms with Gasteiger partial charge in [-0.1, -0.05) is 12.1 Å². The average molecular weight is 571 g/mol. The number of anilines is 2. The van der Waals surface area contributed by atoms with Crippen molar-refractivity contribution in [3.8, 4) is 28.4 Å². The van der Waals surface area contributed by atoms with E-state index in [2.05, 4.69) is 16.0 Å². The van der Waals surface area contributed by atoms with Gasteiger partial charge in [-0.2, -0.15) is 0 Å². The Balaban J connectivity index is 1.52. The van der Waals surface area contributed by atoms with Gasteiger partial charge in [0, 0.05) is 36.6 Å². The lowest BCUT2D eigenvalue weighted by Gasteiger charge is -2.19. The van der Waals surface area contributed by atoms with Gasteiger partial charge in [0.1, 0.15) is 0 Å². The molecule has 1 aliphatic carbocycles.